The predicted octanol–water partition coefficient (Wildman–Crippen LogP) is 2.46. The van der Waals surface area contributed by atoms with Gasteiger partial charge in [0.15, 0.2) is 0 Å². The summed E-state index contributed by atoms with van der Waals surface area (Å²) in [7, 11) is -3.91. The lowest BCUT2D eigenvalue weighted by Gasteiger charge is -2.41. The van der Waals surface area contributed by atoms with Crippen LogP contribution in [0, 0.1) is 5.41 Å². The lowest BCUT2D eigenvalue weighted by Crippen LogP contribution is -2.53. The maximum Gasteiger partial charge on any atom is 0.387 e. The lowest BCUT2D eigenvalue weighted by molar-refractivity contribution is -0.0518. The molecule has 1 aliphatic rings. The third-order valence-corrected chi connectivity index (χ3v) is 5.84. The van der Waals surface area contributed by atoms with Crippen molar-refractivity contribution >= 4 is 22.4 Å². The molecule has 1 atom stereocenters. The summed E-state index contributed by atoms with van der Waals surface area (Å²) in [5.41, 5.74) is 5.62. The van der Waals surface area contributed by atoms with Crippen molar-refractivity contribution in [2.45, 2.75) is 37.8 Å². The van der Waals surface area contributed by atoms with Crippen LogP contribution in [-0.2, 0) is 10.0 Å². The molecule has 0 aromatic heterocycles. The van der Waals surface area contributed by atoms with Gasteiger partial charge in [0.25, 0.3) is 0 Å². The molecule has 1 fully saturated rings. The molecule has 1 heterocycles. The molecule has 0 aliphatic carbocycles. The van der Waals surface area contributed by atoms with Crippen LogP contribution in [0.1, 0.15) is 20.3 Å². The summed E-state index contributed by atoms with van der Waals surface area (Å²) in [6, 6.07) is 5.32. The zero-order valence-corrected chi connectivity index (χ0v) is 14.5. The molecule has 1 aromatic carbocycles. The highest BCUT2D eigenvalue weighted by molar-refractivity contribution is 7.89. The van der Waals surface area contributed by atoms with Gasteiger partial charge in [0, 0.05) is 19.1 Å². The Morgan fingerprint density at radius 1 is 1.35 bits per heavy atom. The Morgan fingerprint density at radius 2 is 1.96 bits per heavy atom. The van der Waals surface area contributed by atoms with Crippen molar-refractivity contribution in [2.75, 3.05) is 13.1 Å². The summed E-state index contributed by atoms with van der Waals surface area (Å²) in [6.45, 7) is 1.19. The minimum absolute atomic E-state index is 0. The van der Waals surface area contributed by atoms with Crippen LogP contribution in [0.4, 0.5) is 8.78 Å². The van der Waals surface area contributed by atoms with Gasteiger partial charge < -0.3 is 10.5 Å². The Balaban J connectivity index is 0.00000264. The van der Waals surface area contributed by atoms with E-state index in [1.165, 1.54) is 28.6 Å². The number of piperidine rings is 1. The highest BCUT2D eigenvalue weighted by Crippen LogP contribution is 2.34. The van der Waals surface area contributed by atoms with Crippen molar-refractivity contribution in [1.82, 2.24) is 4.31 Å². The quantitative estimate of drug-likeness (QED) is 0.883. The second-order valence-electron chi connectivity index (χ2n) is 6.05. The average molecular weight is 371 g/mol. The van der Waals surface area contributed by atoms with E-state index in [0.29, 0.717) is 6.42 Å². The number of benzene rings is 1. The molecule has 1 aliphatic heterocycles. The first-order valence-electron chi connectivity index (χ1n) is 6.94. The highest BCUT2D eigenvalue weighted by Gasteiger charge is 2.39. The third kappa shape index (κ3) is 4.32. The number of nitrogens with zero attached hydrogens (tertiary/aromatic N) is 1. The fraction of sp³-hybridized carbons (Fsp3) is 0.571. The Morgan fingerprint density at radius 3 is 2.52 bits per heavy atom. The summed E-state index contributed by atoms with van der Waals surface area (Å²) in [5, 5.41) is 0. The molecule has 0 spiro atoms. The molecule has 2 rings (SSSR count). The maximum absolute atomic E-state index is 12.7. The molecule has 1 saturated heterocycles. The van der Waals surface area contributed by atoms with Gasteiger partial charge in [-0.25, -0.2) is 8.42 Å². The van der Waals surface area contributed by atoms with E-state index in [2.05, 4.69) is 4.74 Å². The first-order chi connectivity index (χ1) is 10.1. The largest absolute Gasteiger partial charge is 0.433 e. The molecule has 0 saturated carbocycles. The molecule has 0 amide bonds. The number of hydrogen-bond donors (Lipinski definition) is 1. The van der Waals surface area contributed by atoms with Crippen LogP contribution in [0.3, 0.4) is 0 Å². The Kier molecular flexibility index (Phi) is 6.37. The first kappa shape index (κ1) is 20.1. The van der Waals surface area contributed by atoms with Gasteiger partial charge in [-0.15, -0.1) is 12.4 Å². The summed E-state index contributed by atoms with van der Waals surface area (Å²) < 4.78 is 56.0. The SMILES string of the molecule is CC1(C)CN(S(=O)(=O)c2ccccc2OC(F)F)CCC1N.Cl. The molecule has 5 nitrogen and oxygen atoms in total. The Labute approximate surface area is 141 Å². The van der Waals surface area contributed by atoms with Gasteiger partial charge in [-0.1, -0.05) is 26.0 Å². The normalized spacial score (nSPS) is 21.7. The van der Waals surface area contributed by atoms with Crippen LogP contribution in [0.25, 0.3) is 0 Å². The number of para-hydroxylation sites is 1. The smallest absolute Gasteiger partial charge is 0.387 e. The monoisotopic (exact) mass is 370 g/mol. The van der Waals surface area contributed by atoms with Crippen LogP contribution < -0.4 is 10.5 Å². The number of nitrogens with two attached hydrogens (primary N) is 1. The van der Waals surface area contributed by atoms with Crippen LogP contribution in [0.2, 0.25) is 0 Å². The second kappa shape index (κ2) is 7.29. The summed E-state index contributed by atoms with van der Waals surface area (Å²) in [4.78, 5) is -0.249. The predicted molar refractivity (Wildman–Crippen MR) is 85.5 cm³/mol. The third-order valence-electron chi connectivity index (χ3n) is 3.96. The van der Waals surface area contributed by atoms with Gasteiger partial charge in [-0.3, -0.25) is 0 Å². The van der Waals surface area contributed by atoms with E-state index in [-0.39, 0.29) is 47.6 Å². The highest BCUT2D eigenvalue weighted by atomic mass is 35.5. The van der Waals surface area contributed by atoms with E-state index in [1.54, 1.807) is 0 Å². The molecular formula is C14H21ClF2N2O3S. The Hall–Kier alpha value is -0.960. The van der Waals surface area contributed by atoms with Crippen molar-refractivity contribution in [2.24, 2.45) is 11.1 Å². The number of ether oxygens (including phenoxy) is 1. The van der Waals surface area contributed by atoms with Crippen molar-refractivity contribution in [1.29, 1.82) is 0 Å². The lowest BCUT2D eigenvalue weighted by atomic mass is 9.81. The molecule has 132 valence electrons. The van der Waals surface area contributed by atoms with Gasteiger partial charge in [0.05, 0.1) is 0 Å². The Bertz CT molecular complexity index is 641. The number of halogens is 3. The van der Waals surface area contributed by atoms with E-state index in [1.807, 2.05) is 13.8 Å². The summed E-state index contributed by atoms with van der Waals surface area (Å²) in [6.07, 6.45) is 0.518. The fourth-order valence-corrected chi connectivity index (χ4v) is 4.27. The number of hydrogen-bond acceptors (Lipinski definition) is 4. The van der Waals surface area contributed by atoms with E-state index >= 15 is 0 Å². The maximum atomic E-state index is 12.7. The van der Waals surface area contributed by atoms with Crippen molar-refractivity contribution in [3.8, 4) is 5.75 Å². The van der Waals surface area contributed by atoms with E-state index in [4.69, 9.17) is 5.73 Å². The van der Waals surface area contributed by atoms with E-state index in [9.17, 15) is 17.2 Å². The summed E-state index contributed by atoms with van der Waals surface area (Å²) >= 11 is 0. The van der Waals surface area contributed by atoms with E-state index in [0.717, 1.165) is 0 Å². The molecule has 2 N–H and O–H groups in total. The van der Waals surface area contributed by atoms with Crippen LogP contribution >= 0.6 is 12.4 Å². The molecule has 1 aromatic rings. The zero-order chi connectivity index (χ0) is 16.5. The van der Waals surface area contributed by atoms with Gasteiger partial charge in [-0.2, -0.15) is 13.1 Å². The van der Waals surface area contributed by atoms with Crippen LogP contribution in [-0.4, -0.2) is 38.5 Å². The number of sulfonamides is 1. The van der Waals surface area contributed by atoms with Gasteiger partial charge in [-0.05, 0) is 24.0 Å². The van der Waals surface area contributed by atoms with Crippen molar-refractivity contribution in [3.63, 3.8) is 0 Å². The van der Waals surface area contributed by atoms with Crippen LogP contribution in [0.15, 0.2) is 29.2 Å². The molecule has 0 radical (unpaired) electrons. The van der Waals surface area contributed by atoms with Gasteiger partial charge in [0.2, 0.25) is 10.0 Å². The first-order valence-corrected chi connectivity index (χ1v) is 8.38. The summed E-state index contributed by atoms with van der Waals surface area (Å²) in [5.74, 6) is -0.342. The molecule has 1 unspecified atom stereocenters. The zero-order valence-electron chi connectivity index (χ0n) is 12.9. The van der Waals surface area contributed by atoms with Crippen molar-refractivity contribution < 1.29 is 21.9 Å². The second-order valence-corrected chi connectivity index (χ2v) is 7.95. The van der Waals surface area contributed by atoms with Gasteiger partial charge in [0.1, 0.15) is 10.6 Å². The average Bonchev–Trinajstić information content (AvgIpc) is 2.41. The van der Waals surface area contributed by atoms with E-state index < -0.39 is 16.6 Å². The molecule has 9 heteroatoms. The number of alkyl halides is 2. The topological polar surface area (TPSA) is 72.6 Å². The molecule has 0 bridgehead atoms. The minimum atomic E-state index is -3.91. The standard InChI is InChI=1S/C14H20F2N2O3S.ClH/c1-14(2)9-18(8-7-12(14)17)22(19,20)11-6-4-3-5-10(11)21-13(15)16;/h3-6,12-13H,7-9,17H2,1-2H3;1H. The molecule has 23 heavy (non-hydrogen) atoms. The van der Waals surface area contributed by atoms with Gasteiger partial charge >= 0.3 is 6.61 Å². The molecular weight excluding hydrogens is 350 g/mol. The fourth-order valence-electron chi connectivity index (χ4n) is 2.53. The number of rotatable bonds is 4. The van der Waals surface area contributed by atoms with Crippen LogP contribution in [0.5, 0.6) is 5.75 Å². The minimum Gasteiger partial charge on any atom is -0.433 e. The van der Waals surface area contributed by atoms with Crippen molar-refractivity contribution in [3.05, 3.63) is 24.3 Å².